The first kappa shape index (κ1) is 13.1. The van der Waals surface area contributed by atoms with Crippen molar-refractivity contribution >= 4 is 33.6 Å². The lowest BCUT2D eigenvalue weighted by Crippen LogP contribution is -2.27. The molecule has 0 aromatic heterocycles. The van der Waals surface area contributed by atoms with Gasteiger partial charge < -0.3 is 4.90 Å². The van der Waals surface area contributed by atoms with E-state index in [9.17, 15) is 4.79 Å². The number of nitrogens with zero attached hydrogens (tertiary/aromatic N) is 1. The minimum absolute atomic E-state index is 0.101. The molecule has 0 radical (unpaired) electrons. The van der Waals surface area contributed by atoms with Gasteiger partial charge in [0.05, 0.1) is 0 Å². The lowest BCUT2D eigenvalue weighted by atomic mass is 10.2. The highest BCUT2D eigenvalue weighted by Gasteiger charge is 2.34. The van der Waals surface area contributed by atoms with Gasteiger partial charge in [-0.3, -0.25) is 4.79 Å². The van der Waals surface area contributed by atoms with Crippen molar-refractivity contribution in [2.75, 3.05) is 11.4 Å². The Balaban J connectivity index is 1.78. The monoisotopic (exact) mass is 327 g/mol. The number of benzene rings is 2. The second-order valence-electron chi connectivity index (χ2n) is 4.68. The highest BCUT2D eigenvalue weighted by Crippen LogP contribution is 2.40. The quantitative estimate of drug-likeness (QED) is 0.774. The number of para-hydroxylation sites is 1. The summed E-state index contributed by atoms with van der Waals surface area (Å²) in [5.41, 5.74) is 3.19. The van der Waals surface area contributed by atoms with E-state index in [0.29, 0.717) is 6.54 Å². The zero-order chi connectivity index (χ0) is 13.9. The van der Waals surface area contributed by atoms with Crippen molar-refractivity contribution in [3.05, 3.63) is 71.8 Å². The molecule has 0 saturated carbocycles. The van der Waals surface area contributed by atoms with Crippen LogP contribution in [0.3, 0.4) is 0 Å². The molecule has 1 aliphatic rings. The van der Waals surface area contributed by atoms with Gasteiger partial charge in [0.15, 0.2) is 0 Å². The molecule has 1 atom stereocenters. The number of rotatable bonds is 3. The Morgan fingerprint density at radius 3 is 2.55 bits per heavy atom. The second kappa shape index (κ2) is 5.63. The fourth-order valence-corrected chi connectivity index (χ4v) is 3.02. The number of anilines is 1. The Hall–Kier alpha value is -1.87. The lowest BCUT2D eigenvalue weighted by molar-refractivity contribution is -0.117. The van der Waals surface area contributed by atoms with Crippen LogP contribution in [0.2, 0.25) is 0 Å². The molecule has 3 heteroatoms. The van der Waals surface area contributed by atoms with E-state index in [4.69, 9.17) is 0 Å². The van der Waals surface area contributed by atoms with Gasteiger partial charge in [-0.05, 0) is 17.2 Å². The van der Waals surface area contributed by atoms with Crippen LogP contribution in [-0.2, 0) is 4.79 Å². The zero-order valence-corrected chi connectivity index (χ0v) is 12.5. The molecule has 0 spiro atoms. The van der Waals surface area contributed by atoms with Crippen LogP contribution in [0, 0.1) is 0 Å². The molecule has 2 aromatic rings. The van der Waals surface area contributed by atoms with Crippen LogP contribution in [0.15, 0.2) is 60.7 Å². The van der Waals surface area contributed by atoms with Crippen molar-refractivity contribution in [3.63, 3.8) is 0 Å². The number of hydrogen-bond acceptors (Lipinski definition) is 1. The lowest BCUT2D eigenvalue weighted by Gasteiger charge is -2.14. The summed E-state index contributed by atoms with van der Waals surface area (Å²) >= 11 is 3.46. The van der Waals surface area contributed by atoms with E-state index >= 15 is 0 Å². The first-order chi connectivity index (χ1) is 9.77. The molecule has 1 heterocycles. The van der Waals surface area contributed by atoms with Crippen molar-refractivity contribution in [2.24, 2.45) is 0 Å². The summed E-state index contributed by atoms with van der Waals surface area (Å²) in [6.45, 7) is 0.590. The average molecular weight is 328 g/mol. The van der Waals surface area contributed by atoms with Gasteiger partial charge in [0.2, 0.25) is 5.91 Å². The number of hydrogen-bond donors (Lipinski definition) is 0. The molecule has 0 bridgehead atoms. The molecular formula is C17H14BrNO. The van der Waals surface area contributed by atoms with Crippen molar-refractivity contribution in [2.45, 2.75) is 4.83 Å². The molecule has 2 aromatic carbocycles. The summed E-state index contributed by atoms with van der Waals surface area (Å²) in [7, 11) is 0. The number of carbonyl (C=O) groups excluding carboxylic acids is 1. The van der Waals surface area contributed by atoms with Crippen LogP contribution in [0.5, 0.6) is 0 Å². The molecule has 3 rings (SSSR count). The van der Waals surface area contributed by atoms with Crippen LogP contribution in [0.25, 0.3) is 6.08 Å². The maximum absolute atomic E-state index is 12.2. The first-order valence-electron chi connectivity index (χ1n) is 6.53. The van der Waals surface area contributed by atoms with Crippen LogP contribution >= 0.6 is 15.9 Å². The molecule has 0 saturated heterocycles. The molecule has 0 N–H and O–H groups in total. The molecular weight excluding hydrogens is 314 g/mol. The van der Waals surface area contributed by atoms with Crippen LogP contribution in [-0.4, -0.2) is 12.5 Å². The SMILES string of the molecule is O=C1C(Br)c2ccccc2N1C/C=C/c1ccccc1. The van der Waals surface area contributed by atoms with E-state index < -0.39 is 0 Å². The van der Waals surface area contributed by atoms with Crippen LogP contribution in [0.1, 0.15) is 16.0 Å². The molecule has 2 nitrogen and oxygen atoms in total. The molecule has 0 aliphatic carbocycles. The average Bonchev–Trinajstić information content (AvgIpc) is 2.74. The summed E-state index contributed by atoms with van der Waals surface area (Å²) in [5.74, 6) is 0.101. The molecule has 100 valence electrons. The van der Waals surface area contributed by atoms with Gasteiger partial charge in [0.1, 0.15) is 4.83 Å². The van der Waals surface area contributed by atoms with E-state index in [1.807, 2.05) is 71.6 Å². The molecule has 20 heavy (non-hydrogen) atoms. The molecule has 1 amide bonds. The minimum Gasteiger partial charge on any atom is -0.307 e. The predicted octanol–water partition coefficient (Wildman–Crippen LogP) is 4.18. The maximum Gasteiger partial charge on any atom is 0.245 e. The number of halogens is 1. The zero-order valence-electron chi connectivity index (χ0n) is 10.9. The van der Waals surface area contributed by atoms with Gasteiger partial charge >= 0.3 is 0 Å². The van der Waals surface area contributed by atoms with E-state index in [2.05, 4.69) is 15.9 Å². The summed E-state index contributed by atoms with van der Waals surface area (Å²) < 4.78 is 0. The largest absolute Gasteiger partial charge is 0.307 e. The van der Waals surface area contributed by atoms with Crippen LogP contribution in [0.4, 0.5) is 5.69 Å². The molecule has 1 unspecified atom stereocenters. The first-order valence-corrected chi connectivity index (χ1v) is 7.45. The van der Waals surface area contributed by atoms with Gasteiger partial charge in [-0.1, -0.05) is 76.6 Å². The molecule has 1 aliphatic heterocycles. The summed E-state index contributed by atoms with van der Waals surface area (Å²) in [6, 6.07) is 18.0. The Kier molecular flexibility index (Phi) is 3.70. The standard InChI is InChI=1S/C17H14BrNO/c18-16-14-10-4-5-11-15(14)19(17(16)20)12-6-9-13-7-2-1-3-8-13/h1-11,16H,12H2/b9-6+. The topological polar surface area (TPSA) is 20.3 Å². The van der Waals surface area contributed by atoms with E-state index in [0.717, 1.165) is 16.8 Å². The summed E-state index contributed by atoms with van der Waals surface area (Å²) in [4.78, 5) is 13.8. The number of alkyl halides is 1. The molecule has 0 fully saturated rings. The van der Waals surface area contributed by atoms with Crippen molar-refractivity contribution < 1.29 is 4.79 Å². The normalized spacial score (nSPS) is 17.8. The third-order valence-corrected chi connectivity index (χ3v) is 4.27. The highest BCUT2D eigenvalue weighted by atomic mass is 79.9. The minimum atomic E-state index is -0.219. The van der Waals surface area contributed by atoms with Crippen molar-refractivity contribution in [1.82, 2.24) is 0 Å². The Morgan fingerprint density at radius 2 is 1.75 bits per heavy atom. The fraction of sp³-hybridized carbons (Fsp3) is 0.118. The summed E-state index contributed by atoms with van der Waals surface area (Å²) in [6.07, 6.45) is 4.06. The number of amides is 1. The number of fused-ring (bicyclic) bond motifs is 1. The van der Waals surface area contributed by atoms with E-state index in [-0.39, 0.29) is 10.7 Å². The third kappa shape index (κ3) is 2.41. The van der Waals surface area contributed by atoms with Crippen molar-refractivity contribution in [1.29, 1.82) is 0 Å². The highest BCUT2D eigenvalue weighted by molar-refractivity contribution is 9.09. The Bertz CT molecular complexity index is 651. The fourth-order valence-electron chi connectivity index (χ4n) is 2.38. The van der Waals surface area contributed by atoms with E-state index in [1.165, 1.54) is 0 Å². The Labute approximate surface area is 126 Å². The Morgan fingerprint density at radius 1 is 1.05 bits per heavy atom. The maximum atomic E-state index is 12.2. The summed E-state index contributed by atoms with van der Waals surface area (Å²) in [5, 5.41) is 0. The van der Waals surface area contributed by atoms with Gasteiger partial charge in [-0.15, -0.1) is 0 Å². The van der Waals surface area contributed by atoms with Crippen molar-refractivity contribution in [3.8, 4) is 0 Å². The smallest absolute Gasteiger partial charge is 0.245 e. The number of carbonyl (C=O) groups is 1. The van der Waals surface area contributed by atoms with Gasteiger partial charge in [-0.2, -0.15) is 0 Å². The van der Waals surface area contributed by atoms with Gasteiger partial charge in [0.25, 0.3) is 0 Å². The van der Waals surface area contributed by atoms with Crippen LogP contribution < -0.4 is 4.90 Å². The van der Waals surface area contributed by atoms with Gasteiger partial charge in [-0.25, -0.2) is 0 Å². The van der Waals surface area contributed by atoms with Gasteiger partial charge in [0, 0.05) is 12.2 Å². The third-order valence-electron chi connectivity index (χ3n) is 3.38. The predicted molar refractivity (Wildman–Crippen MR) is 85.9 cm³/mol. The van der Waals surface area contributed by atoms with E-state index in [1.54, 1.807) is 0 Å². The second-order valence-corrected chi connectivity index (χ2v) is 5.60.